The van der Waals surface area contributed by atoms with E-state index in [9.17, 15) is 19.2 Å². The zero-order chi connectivity index (χ0) is 28.8. The number of likely N-dealkylation sites (tertiary alicyclic amines) is 2. The van der Waals surface area contributed by atoms with Crippen molar-refractivity contribution in [2.45, 2.75) is 90.9 Å². The van der Waals surface area contributed by atoms with Gasteiger partial charge in [-0.3, -0.25) is 24.2 Å². The van der Waals surface area contributed by atoms with Gasteiger partial charge in [0.05, 0.1) is 19.7 Å². The van der Waals surface area contributed by atoms with Crippen LogP contribution in [0.1, 0.15) is 66.7 Å². The maximum atomic E-state index is 13.9. The van der Waals surface area contributed by atoms with E-state index < -0.39 is 17.5 Å². The summed E-state index contributed by atoms with van der Waals surface area (Å²) in [6, 6.07) is -1.59. The van der Waals surface area contributed by atoms with Crippen molar-refractivity contribution in [1.82, 2.24) is 24.9 Å². The van der Waals surface area contributed by atoms with Crippen molar-refractivity contribution in [2.24, 2.45) is 11.3 Å². The predicted octanol–water partition coefficient (Wildman–Crippen LogP) is 1.58. The fourth-order valence-electron chi connectivity index (χ4n) is 5.59. The molecule has 2 aliphatic heterocycles. The van der Waals surface area contributed by atoms with Crippen LogP contribution in [0, 0.1) is 11.3 Å². The number of hydrogen-bond acceptors (Lipinski definition) is 7. The Morgan fingerprint density at radius 1 is 1.00 bits per heavy atom. The van der Waals surface area contributed by atoms with E-state index in [0.29, 0.717) is 19.5 Å². The largest absolute Gasteiger partial charge is 0.467 e. The Balaban J connectivity index is 2.10. The van der Waals surface area contributed by atoms with E-state index in [1.54, 1.807) is 16.8 Å². The number of carbonyl (C=O) groups excluding carboxylic acids is 4. The van der Waals surface area contributed by atoms with Crippen LogP contribution in [0.15, 0.2) is 0 Å². The van der Waals surface area contributed by atoms with Gasteiger partial charge in [-0.1, -0.05) is 41.0 Å². The van der Waals surface area contributed by atoms with Crippen LogP contribution in [0.2, 0.25) is 0 Å². The van der Waals surface area contributed by atoms with E-state index in [2.05, 4.69) is 24.1 Å². The number of piperidine rings is 1. The molecule has 218 valence electrons. The summed E-state index contributed by atoms with van der Waals surface area (Å²) < 4.78 is 4.87. The summed E-state index contributed by atoms with van der Waals surface area (Å²) in [4.78, 5) is 59.5. The number of carbonyl (C=O) groups is 4. The molecule has 2 fully saturated rings. The third-order valence-corrected chi connectivity index (χ3v) is 8.04. The molecule has 0 bridgehead atoms. The number of hydrogen-bond donors (Lipinski definition) is 1. The zero-order valence-corrected chi connectivity index (χ0v) is 25.1. The Kier molecular flexibility index (Phi) is 11.6. The Labute approximate surface area is 229 Å². The highest BCUT2D eigenvalue weighted by atomic mass is 16.5. The zero-order valence-electron chi connectivity index (χ0n) is 25.1. The standard InChI is InChI=1S/C28H51N5O5/c1-19(2)22(17-30(6)18-23(34)33-16-12-14-21(33)27(37)38-9)32(8)26(36)24(28(3,4)5)29-25(35)20-13-10-11-15-31(20)7/h19-22,24H,10-18H2,1-9H3,(H,29,35). The lowest BCUT2D eigenvalue weighted by atomic mass is 9.84. The molecule has 0 radical (unpaired) electrons. The first kappa shape index (κ1) is 32.0. The van der Waals surface area contributed by atoms with E-state index >= 15 is 0 Å². The number of methoxy groups -OCH3 is 1. The minimum atomic E-state index is -0.672. The molecule has 0 aromatic carbocycles. The molecule has 2 rings (SSSR count). The van der Waals surface area contributed by atoms with Crippen LogP contribution in [0.5, 0.6) is 0 Å². The van der Waals surface area contributed by atoms with Crippen LogP contribution in [0.4, 0.5) is 0 Å². The maximum Gasteiger partial charge on any atom is 0.328 e. The summed E-state index contributed by atoms with van der Waals surface area (Å²) in [5.41, 5.74) is -0.476. The fourth-order valence-corrected chi connectivity index (χ4v) is 5.59. The van der Waals surface area contributed by atoms with Crippen LogP contribution >= 0.6 is 0 Å². The van der Waals surface area contributed by atoms with Gasteiger partial charge >= 0.3 is 5.97 Å². The molecule has 38 heavy (non-hydrogen) atoms. The fraction of sp³-hybridized carbons (Fsp3) is 0.857. The molecule has 0 saturated carbocycles. The van der Waals surface area contributed by atoms with Gasteiger partial charge < -0.3 is 19.9 Å². The van der Waals surface area contributed by atoms with Crippen LogP contribution in [0.3, 0.4) is 0 Å². The van der Waals surface area contributed by atoms with Gasteiger partial charge in [-0.25, -0.2) is 4.79 Å². The third kappa shape index (κ3) is 8.15. The van der Waals surface area contributed by atoms with Crippen molar-refractivity contribution >= 4 is 23.7 Å². The van der Waals surface area contributed by atoms with Crippen LogP contribution in [-0.2, 0) is 23.9 Å². The van der Waals surface area contributed by atoms with Crippen LogP contribution in [0.25, 0.3) is 0 Å². The Morgan fingerprint density at radius 2 is 1.63 bits per heavy atom. The molecule has 0 aromatic heterocycles. The smallest absolute Gasteiger partial charge is 0.328 e. The summed E-state index contributed by atoms with van der Waals surface area (Å²) in [6.45, 7) is 12.1. The average Bonchev–Trinajstić information content (AvgIpc) is 3.34. The topological polar surface area (TPSA) is 102 Å². The minimum Gasteiger partial charge on any atom is -0.467 e. The summed E-state index contributed by atoms with van der Waals surface area (Å²) in [7, 11) is 6.95. The normalized spacial score (nSPS) is 22.3. The molecule has 4 unspecified atom stereocenters. The van der Waals surface area contributed by atoms with Gasteiger partial charge in [0.15, 0.2) is 0 Å². The molecule has 3 amide bonds. The van der Waals surface area contributed by atoms with Crippen molar-refractivity contribution in [1.29, 1.82) is 0 Å². The summed E-state index contributed by atoms with van der Waals surface area (Å²) in [5.74, 6) is -0.597. The number of likely N-dealkylation sites (N-methyl/N-ethyl adjacent to an activating group) is 3. The number of nitrogens with one attached hydrogen (secondary N) is 1. The molecule has 2 aliphatic rings. The monoisotopic (exact) mass is 537 g/mol. The van der Waals surface area contributed by atoms with E-state index in [1.807, 2.05) is 39.8 Å². The summed E-state index contributed by atoms with van der Waals surface area (Å²) >= 11 is 0. The number of nitrogens with zero attached hydrogens (tertiary/aromatic N) is 4. The van der Waals surface area contributed by atoms with Crippen molar-refractivity contribution < 1.29 is 23.9 Å². The summed E-state index contributed by atoms with van der Waals surface area (Å²) in [6.07, 6.45) is 4.28. The molecule has 2 heterocycles. The number of amides is 3. The van der Waals surface area contributed by atoms with Gasteiger partial charge in [0.2, 0.25) is 17.7 Å². The lowest BCUT2D eigenvalue weighted by Gasteiger charge is -2.40. The van der Waals surface area contributed by atoms with Gasteiger partial charge in [-0.15, -0.1) is 0 Å². The van der Waals surface area contributed by atoms with E-state index in [4.69, 9.17) is 4.74 Å². The highest BCUT2D eigenvalue weighted by Gasteiger charge is 2.40. The number of ether oxygens (including phenoxy) is 1. The van der Waals surface area contributed by atoms with E-state index in [1.165, 1.54) is 7.11 Å². The molecule has 0 spiro atoms. The second-order valence-corrected chi connectivity index (χ2v) is 12.5. The van der Waals surface area contributed by atoms with Gasteiger partial charge in [-0.05, 0) is 57.7 Å². The third-order valence-electron chi connectivity index (χ3n) is 8.04. The van der Waals surface area contributed by atoms with Crippen molar-refractivity contribution in [3.8, 4) is 0 Å². The molecule has 10 nitrogen and oxygen atoms in total. The first-order valence-electron chi connectivity index (χ1n) is 14.0. The van der Waals surface area contributed by atoms with Crippen molar-refractivity contribution in [3.05, 3.63) is 0 Å². The predicted molar refractivity (Wildman–Crippen MR) is 147 cm³/mol. The molecule has 1 N–H and O–H groups in total. The Morgan fingerprint density at radius 3 is 2.18 bits per heavy atom. The first-order chi connectivity index (χ1) is 17.7. The van der Waals surface area contributed by atoms with Gasteiger partial charge in [0.25, 0.3) is 0 Å². The molecule has 4 atom stereocenters. The van der Waals surface area contributed by atoms with Gasteiger partial charge in [0, 0.05) is 26.2 Å². The second kappa shape index (κ2) is 13.7. The maximum absolute atomic E-state index is 13.9. The molecule has 2 saturated heterocycles. The Hall–Kier alpha value is -2.20. The molecule has 10 heteroatoms. The average molecular weight is 538 g/mol. The SMILES string of the molecule is COC(=O)C1CCCN1C(=O)CN(C)CC(C(C)C)N(C)C(=O)C(NC(=O)C1CCCCN1C)C(C)(C)C. The highest BCUT2D eigenvalue weighted by Crippen LogP contribution is 2.25. The minimum absolute atomic E-state index is 0.0940. The summed E-state index contributed by atoms with van der Waals surface area (Å²) in [5, 5.41) is 3.09. The highest BCUT2D eigenvalue weighted by molar-refractivity contribution is 5.90. The van der Waals surface area contributed by atoms with Crippen molar-refractivity contribution in [3.63, 3.8) is 0 Å². The molecule has 0 aliphatic carbocycles. The van der Waals surface area contributed by atoms with E-state index in [-0.39, 0.29) is 48.2 Å². The lowest BCUT2D eigenvalue weighted by Crippen LogP contribution is -2.60. The van der Waals surface area contributed by atoms with Gasteiger partial charge in [0.1, 0.15) is 12.1 Å². The Bertz CT molecular complexity index is 842. The molecular formula is C28H51N5O5. The molecular weight excluding hydrogens is 486 g/mol. The van der Waals surface area contributed by atoms with Crippen LogP contribution < -0.4 is 5.32 Å². The van der Waals surface area contributed by atoms with Crippen molar-refractivity contribution in [2.75, 3.05) is 54.4 Å². The first-order valence-corrected chi connectivity index (χ1v) is 14.0. The van der Waals surface area contributed by atoms with Gasteiger partial charge in [-0.2, -0.15) is 0 Å². The lowest BCUT2D eigenvalue weighted by molar-refractivity contribution is -0.151. The second-order valence-electron chi connectivity index (χ2n) is 12.5. The van der Waals surface area contributed by atoms with E-state index in [0.717, 1.165) is 32.2 Å². The number of esters is 1. The quantitative estimate of drug-likeness (QED) is 0.422. The molecule has 0 aromatic rings. The number of rotatable bonds is 10. The van der Waals surface area contributed by atoms with Crippen LogP contribution in [-0.4, -0.2) is 122 Å².